The van der Waals surface area contributed by atoms with E-state index in [0.29, 0.717) is 17.6 Å². The SMILES string of the molecule is CCN(C(=O)COn1nnc2ccc(S(=O)(=O)N(C)C)cc21)C1CCCCC1. The van der Waals surface area contributed by atoms with Gasteiger partial charge in [0.1, 0.15) is 11.0 Å². The van der Waals surface area contributed by atoms with E-state index in [4.69, 9.17) is 4.84 Å². The third-order valence-electron chi connectivity index (χ3n) is 5.15. The smallest absolute Gasteiger partial charge is 0.263 e. The highest BCUT2D eigenvalue weighted by molar-refractivity contribution is 7.89. The van der Waals surface area contributed by atoms with Crippen molar-refractivity contribution in [2.24, 2.45) is 0 Å². The van der Waals surface area contributed by atoms with Crippen molar-refractivity contribution in [2.45, 2.75) is 50.0 Å². The number of fused-ring (bicyclic) bond motifs is 1. The number of sulfonamides is 1. The van der Waals surface area contributed by atoms with Crippen molar-refractivity contribution in [1.82, 2.24) is 24.4 Å². The molecule has 0 unspecified atom stereocenters. The van der Waals surface area contributed by atoms with Gasteiger partial charge in [-0.15, -0.1) is 5.10 Å². The summed E-state index contributed by atoms with van der Waals surface area (Å²) in [5.41, 5.74) is 0.890. The summed E-state index contributed by atoms with van der Waals surface area (Å²) in [6.07, 6.45) is 5.56. The lowest BCUT2D eigenvalue weighted by atomic mass is 9.94. The Morgan fingerprint density at radius 3 is 2.61 bits per heavy atom. The monoisotopic (exact) mass is 409 g/mol. The van der Waals surface area contributed by atoms with E-state index >= 15 is 0 Å². The van der Waals surface area contributed by atoms with Crippen LogP contribution in [0.15, 0.2) is 23.1 Å². The molecule has 1 aliphatic rings. The van der Waals surface area contributed by atoms with Gasteiger partial charge in [0.25, 0.3) is 5.91 Å². The van der Waals surface area contributed by atoms with Crippen LogP contribution in [0.1, 0.15) is 39.0 Å². The molecule has 1 aromatic heterocycles. The molecule has 1 fully saturated rings. The quantitative estimate of drug-likeness (QED) is 0.684. The fraction of sp³-hybridized carbons (Fsp3) is 0.611. The first kappa shape index (κ1) is 20.5. The first-order chi connectivity index (χ1) is 13.3. The normalized spacial score (nSPS) is 15.9. The number of carbonyl (C=O) groups excluding carboxylic acids is 1. The van der Waals surface area contributed by atoms with Crippen LogP contribution in [0.4, 0.5) is 0 Å². The maximum Gasteiger partial charge on any atom is 0.263 e. The molecule has 0 N–H and O–H groups in total. The zero-order chi connectivity index (χ0) is 20.3. The Bertz CT molecular complexity index is 935. The molecule has 1 aromatic carbocycles. The molecule has 0 bridgehead atoms. The van der Waals surface area contributed by atoms with Gasteiger partial charge in [-0.3, -0.25) is 4.79 Å². The van der Waals surface area contributed by atoms with E-state index < -0.39 is 10.0 Å². The van der Waals surface area contributed by atoms with E-state index in [1.807, 2.05) is 11.8 Å². The van der Waals surface area contributed by atoms with Gasteiger partial charge in [-0.25, -0.2) is 12.7 Å². The first-order valence-corrected chi connectivity index (χ1v) is 11.0. The molecule has 1 heterocycles. The van der Waals surface area contributed by atoms with Crippen molar-refractivity contribution < 1.29 is 18.0 Å². The molecule has 0 radical (unpaired) electrons. The third kappa shape index (κ3) is 4.12. The van der Waals surface area contributed by atoms with Crippen LogP contribution in [0.3, 0.4) is 0 Å². The Hall–Kier alpha value is -2.20. The molecular formula is C18H27N5O4S. The topological polar surface area (TPSA) is 97.6 Å². The molecule has 1 saturated carbocycles. The van der Waals surface area contributed by atoms with Gasteiger partial charge in [0.05, 0.1) is 4.90 Å². The number of benzene rings is 1. The molecule has 1 aliphatic carbocycles. The summed E-state index contributed by atoms with van der Waals surface area (Å²) in [6.45, 7) is 2.43. The summed E-state index contributed by atoms with van der Waals surface area (Å²) < 4.78 is 25.8. The summed E-state index contributed by atoms with van der Waals surface area (Å²) in [5.74, 6) is -0.102. The molecule has 0 spiro atoms. The lowest BCUT2D eigenvalue weighted by Crippen LogP contribution is -2.44. The largest absolute Gasteiger partial charge is 0.385 e. The summed E-state index contributed by atoms with van der Waals surface area (Å²) in [7, 11) is -0.658. The second kappa shape index (κ2) is 8.44. The zero-order valence-electron chi connectivity index (χ0n) is 16.5. The van der Waals surface area contributed by atoms with Gasteiger partial charge < -0.3 is 9.74 Å². The van der Waals surface area contributed by atoms with Gasteiger partial charge >= 0.3 is 0 Å². The van der Waals surface area contributed by atoms with Crippen LogP contribution in [0.25, 0.3) is 11.0 Å². The highest BCUT2D eigenvalue weighted by atomic mass is 32.2. The molecule has 2 aromatic rings. The number of hydrogen-bond donors (Lipinski definition) is 0. The predicted molar refractivity (Wildman–Crippen MR) is 104 cm³/mol. The predicted octanol–water partition coefficient (Wildman–Crippen LogP) is 1.29. The third-order valence-corrected chi connectivity index (χ3v) is 6.96. The first-order valence-electron chi connectivity index (χ1n) is 9.55. The Morgan fingerprint density at radius 2 is 1.96 bits per heavy atom. The molecule has 154 valence electrons. The molecule has 0 aliphatic heterocycles. The van der Waals surface area contributed by atoms with Crippen LogP contribution >= 0.6 is 0 Å². The van der Waals surface area contributed by atoms with Gasteiger partial charge in [0.15, 0.2) is 6.61 Å². The van der Waals surface area contributed by atoms with E-state index in [1.54, 1.807) is 6.07 Å². The van der Waals surface area contributed by atoms with Crippen LogP contribution in [0.5, 0.6) is 0 Å². The minimum atomic E-state index is -3.59. The molecule has 0 saturated heterocycles. The Labute approximate surface area is 165 Å². The molecule has 10 heteroatoms. The lowest BCUT2D eigenvalue weighted by molar-refractivity contribution is -0.139. The average molecular weight is 410 g/mol. The van der Waals surface area contributed by atoms with Gasteiger partial charge in [0.2, 0.25) is 10.0 Å². The molecule has 1 amide bonds. The minimum Gasteiger partial charge on any atom is -0.385 e. The van der Waals surface area contributed by atoms with E-state index in [1.165, 1.54) is 32.6 Å². The van der Waals surface area contributed by atoms with Crippen molar-refractivity contribution in [3.63, 3.8) is 0 Å². The number of carbonyl (C=O) groups is 1. The maximum atomic E-state index is 12.7. The van der Waals surface area contributed by atoms with Crippen LogP contribution in [-0.2, 0) is 14.8 Å². The summed E-state index contributed by atoms with van der Waals surface area (Å²) in [5, 5.41) is 7.87. The Balaban J connectivity index is 1.76. The van der Waals surface area contributed by atoms with Crippen molar-refractivity contribution >= 4 is 27.0 Å². The van der Waals surface area contributed by atoms with E-state index in [0.717, 1.165) is 34.8 Å². The number of likely N-dealkylation sites (N-methyl/N-ethyl adjacent to an activating group) is 1. The Morgan fingerprint density at radius 1 is 1.25 bits per heavy atom. The van der Waals surface area contributed by atoms with Crippen LogP contribution in [0.2, 0.25) is 0 Å². The lowest BCUT2D eigenvalue weighted by Gasteiger charge is -2.33. The van der Waals surface area contributed by atoms with Gasteiger partial charge in [-0.1, -0.05) is 24.1 Å². The highest BCUT2D eigenvalue weighted by Gasteiger charge is 2.25. The maximum absolute atomic E-state index is 12.7. The summed E-state index contributed by atoms with van der Waals surface area (Å²) in [4.78, 5) is 21.3. The standard InChI is InChI=1S/C18H27N5O4S/c1-4-22(14-8-6-5-7-9-14)18(24)13-27-23-17-12-15(28(25,26)21(2)3)10-11-16(17)19-20-23/h10-12,14H,4-9,13H2,1-3H3. The van der Waals surface area contributed by atoms with Crippen molar-refractivity contribution in [3.05, 3.63) is 18.2 Å². The second-order valence-electron chi connectivity index (χ2n) is 7.15. The summed E-state index contributed by atoms with van der Waals surface area (Å²) >= 11 is 0. The zero-order valence-corrected chi connectivity index (χ0v) is 17.4. The van der Waals surface area contributed by atoms with Crippen LogP contribution in [0, 0.1) is 0 Å². The summed E-state index contributed by atoms with van der Waals surface area (Å²) in [6, 6.07) is 4.76. The highest BCUT2D eigenvalue weighted by Crippen LogP contribution is 2.23. The molecular weight excluding hydrogens is 382 g/mol. The molecule has 3 rings (SSSR count). The van der Waals surface area contributed by atoms with Crippen molar-refractivity contribution in [1.29, 1.82) is 0 Å². The van der Waals surface area contributed by atoms with Crippen LogP contribution < -0.4 is 4.84 Å². The van der Waals surface area contributed by atoms with Gasteiger partial charge in [0, 0.05) is 26.7 Å². The number of amides is 1. The van der Waals surface area contributed by atoms with E-state index in [2.05, 4.69) is 10.3 Å². The molecule has 9 nitrogen and oxygen atoms in total. The van der Waals surface area contributed by atoms with Gasteiger partial charge in [-0.2, -0.15) is 0 Å². The van der Waals surface area contributed by atoms with Crippen molar-refractivity contribution in [3.8, 4) is 0 Å². The average Bonchev–Trinajstić information content (AvgIpc) is 3.10. The number of aromatic nitrogens is 3. The fourth-order valence-corrected chi connectivity index (χ4v) is 4.50. The fourth-order valence-electron chi connectivity index (χ4n) is 3.57. The Kier molecular flexibility index (Phi) is 6.19. The minimum absolute atomic E-state index is 0.102. The van der Waals surface area contributed by atoms with Crippen molar-refractivity contribution in [2.75, 3.05) is 27.2 Å². The van der Waals surface area contributed by atoms with Crippen LogP contribution in [-0.4, -0.2) is 72.0 Å². The number of rotatable bonds is 7. The molecule has 0 atom stereocenters. The number of hydrogen-bond acceptors (Lipinski definition) is 6. The number of nitrogens with zero attached hydrogens (tertiary/aromatic N) is 5. The van der Waals surface area contributed by atoms with E-state index in [9.17, 15) is 13.2 Å². The van der Waals surface area contributed by atoms with Gasteiger partial charge in [-0.05, 0) is 43.2 Å². The van der Waals surface area contributed by atoms with E-state index in [-0.39, 0.29) is 23.5 Å². The second-order valence-corrected chi connectivity index (χ2v) is 9.30. The molecule has 28 heavy (non-hydrogen) atoms.